The number of rotatable bonds is 2. The van der Waals surface area contributed by atoms with E-state index in [2.05, 4.69) is 48.3 Å². The molecule has 1 heterocycles. The third kappa shape index (κ3) is 2.78. The summed E-state index contributed by atoms with van der Waals surface area (Å²) in [6, 6.07) is 17.2. The molecule has 23 heavy (non-hydrogen) atoms. The predicted molar refractivity (Wildman–Crippen MR) is 98.5 cm³/mol. The van der Waals surface area contributed by atoms with E-state index in [1.165, 1.54) is 47.8 Å². The van der Waals surface area contributed by atoms with Gasteiger partial charge in [-0.1, -0.05) is 48.7 Å². The van der Waals surface area contributed by atoms with E-state index in [4.69, 9.17) is 7.85 Å². The molecule has 112 valence electrons. The first-order valence-electron chi connectivity index (χ1n) is 8.48. The molecule has 1 aliphatic carbocycles. The summed E-state index contributed by atoms with van der Waals surface area (Å²) in [5, 5.41) is 2.32. The molecule has 0 amide bonds. The Hall–Kier alpha value is -2.09. The van der Waals surface area contributed by atoms with Gasteiger partial charge in [0.25, 0.3) is 0 Å². The van der Waals surface area contributed by atoms with Crippen molar-refractivity contribution in [1.29, 1.82) is 0 Å². The maximum atomic E-state index is 6.05. The second-order valence-electron chi connectivity index (χ2n) is 6.73. The van der Waals surface area contributed by atoms with Crippen molar-refractivity contribution >= 4 is 24.2 Å². The second-order valence-corrected chi connectivity index (χ2v) is 6.73. The number of benzene rings is 2. The van der Waals surface area contributed by atoms with Crippen LogP contribution in [0.2, 0.25) is 0 Å². The van der Waals surface area contributed by atoms with Gasteiger partial charge in [-0.05, 0) is 60.4 Å². The van der Waals surface area contributed by atoms with Crippen LogP contribution in [0.3, 0.4) is 0 Å². The van der Waals surface area contributed by atoms with Crippen molar-refractivity contribution in [1.82, 2.24) is 4.98 Å². The quantitative estimate of drug-likeness (QED) is 0.627. The Morgan fingerprint density at radius 2 is 1.78 bits per heavy atom. The summed E-state index contributed by atoms with van der Waals surface area (Å²) < 4.78 is 0. The van der Waals surface area contributed by atoms with Gasteiger partial charge in [0.05, 0.1) is 5.69 Å². The largest absolute Gasteiger partial charge is 0.264 e. The first-order chi connectivity index (χ1) is 11.2. The molecule has 1 fully saturated rings. The van der Waals surface area contributed by atoms with Crippen LogP contribution in [-0.4, -0.2) is 12.8 Å². The Labute approximate surface area is 139 Å². The summed E-state index contributed by atoms with van der Waals surface area (Å²) in [5.41, 5.74) is 5.55. The lowest BCUT2D eigenvalue weighted by atomic mass is 9.91. The van der Waals surface area contributed by atoms with E-state index in [0.29, 0.717) is 11.5 Å². The molecule has 1 aliphatic rings. The van der Waals surface area contributed by atoms with Gasteiger partial charge in [-0.25, -0.2) is 0 Å². The Morgan fingerprint density at radius 3 is 2.61 bits per heavy atom. The Kier molecular flexibility index (Phi) is 3.69. The van der Waals surface area contributed by atoms with Crippen LogP contribution in [0.25, 0.3) is 22.0 Å². The highest BCUT2D eigenvalue weighted by atomic mass is 14.7. The number of aromatic nitrogens is 1. The van der Waals surface area contributed by atoms with Crippen molar-refractivity contribution in [3.8, 4) is 11.3 Å². The van der Waals surface area contributed by atoms with Gasteiger partial charge in [0.1, 0.15) is 7.85 Å². The van der Waals surface area contributed by atoms with Crippen molar-refractivity contribution in [3.63, 3.8) is 0 Å². The van der Waals surface area contributed by atoms with E-state index in [0.717, 1.165) is 11.1 Å². The topological polar surface area (TPSA) is 12.9 Å². The van der Waals surface area contributed by atoms with E-state index in [-0.39, 0.29) is 0 Å². The maximum Gasteiger partial charge on any atom is 0.141 e. The van der Waals surface area contributed by atoms with Crippen molar-refractivity contribution in [2.24, 2.45) is 0 Å². The molecule has 2 aromatic carbocycles. The van der Waals surface area contributed by atoms with Crippen LogP contribution in [0.1, 0.15) is 42.7 Å². The Balaban J connectivity index is 1.90. The van der Waals surface area contributed by atoms with Crippen LogP contribution in [0.15, 0.2) is 48.5 Å². The molecular formula is C21H20BN. The number of pyridine rings is 1. The van der Waals surface area contributed by atoms with Crippen LogP contribution in [0.5, 0.6) is 0 Å². The Bertz CT molecular complexity index is 863. The molecule has 2 heteroatoms. The summed E-state index contributed by atoms with van der Waals surface area (Å²) in [6.07, 6.45) is 5.34. The molecule has 1 nitrogen and oxygen atoms in total. The summed E-state index contributed by atoms with van der Waals surface area (Å²) in [7, 11) is 6.05. The van der Waals surface area contributed by atoms with Gasteiger partial charge in [-0.15, -0.1) is 0 Å². The first kappa shape index (κ1) is 14.5. The van der Waals surface area contributed by atoms with Crippen molar-refractivity contribution in [3.05, 3.63) is 59.7 Å². The molecule has 0 spiro atoms. The zero-order valence-electron chi connectivity index (χ0n) is 13.5. The number of hydrogen-bond donors (Lipinski definition) is 0. The van der Waals surface area contributed by atoms with E-state index in [1.54, 1.807) is 0 Å². The lowest BCUT2D eigenvalue weighted by Crippen LogP contribution is -2.09. The molecule has 0 N–H and O–H groups in total. The van der Waals surface area contributed by atoms with E-state index < -0.39 is 0 Å². The van der Waals surface area contributed by atoms with Crippen LogP contribution in [-0.2, 0) is 0 Å². The fourth-order valence-electron chi connectivity index (χ4n) is 3.88. The highest BCUT2D eigenvalue weighted by molar-refractivity contribution is 6.32. The summed E-state index contributed by atoms with van der Waals surface area (Å²) in [5.74, 6) is 0.709. The normalized spacial score (nSPS) is 15.3. The standard InChI is InChI=1S/C21H20BN/c1-14-10-17(15-6-2-3-7-15)12-18(11-14)21-19-9-5-4-8-16(19)13-20(22)23-21/h4-5,8-13,15H,2-3,6-7H2,1H3. The second kappa shape index (κ2) is 5.84. The molecule has 1 saturated carbocycles. The zero-order valence-corrected chi connectivity index (χ0v) is 13.5. The van der Waals surface area contributed by atoms with Crippen LogP contribution in [0.4, 0.5) is 0 Å². The lowest BCUT2D eigenvalue weighted by molar-refractivity contribution is 0.723. The fraction of sp³-hybridized carbons (Fsp3) is 0.286. The van der Waals surface area contributed by atoms with Gasteiger partial charge in [-0.2, -0.15) is 0 Å². The maximum absolute atomic E-state index is 6.05. The smallest absolute Gasteiger partial charge is 0.141 e. The highest BCUT2D eigenvalue weighted by Gasteiger charge is 2.18. The lowest BCUT2D eigenvalue weighted by Gasteiger charge is -2.14. The molecular weight excluding hydrogens is 277 g/mol. The molecule has 0 aliphatic heterocycles. The fourth-order valence-corrected chi connectivity index (χ4v) is 3.88. The van der Waals surface area contributed by atoms with Crippen LogP contribution in [0, 0.1) is 6.92 Å². The minimum absolute atomic E-state index is 0.586. The van der Waals surface area contributed by atoms with Gasteiger partial charge in [-0.3, -0.25) is 4.98 Å². The van der Waals surface area contributed by atoms with E-state index in [9.17, 15) is 0 Å². The molecule has 0 atom stereocenters. The van der Waals surface area contributed by atoms with Gasteiger partial charge in [0.2, 0.25) is 0 Å². The molecule has 2 radical (unpaired) electrons. The Morgan fingerprint density at radius 1 is 1.00 bits per heavy atom. The summed E-state index contributed by atoms with van der Waals surface area (Å²) >= 11 is 0. The minimum Gasteiger partial charge on any atom is -0.264 e. The third-order valence-corrected chi connectivity index (χ3v) is 4.96. The molecule has 0 saturated heterocycles. The van der Waals surface area contributed by atoms with Crippen LogP contribution >= 0.6 is 0 Å². The third-order valence-electron chi connectivity index (χ3n) is 4.96. The number of nitrogens with zero attached hydrogens (tertiary/aromatic N) is 1. The monoisotopic (exact) mass is 297 g/mol. The first-order valence-corrected chi connectivity index (χ1v) is 8.48. The minimum atomic E-state index is 0.586. The van der Waals surface area contributed by atoms with E-state index in [1.807, 2.05) is 12.1 Å². The van der Waals surface area contributed by atoms with E-state index >= 15 is 0 Å². The van der Waals surface area contributed by atoms with Gasteiger partial charge < -0.3 is 0 Å². The summed E-state index contributed by atoms with van der Waals surface area (Å²) in [6.45, 7) is 2.18. The molecule has 3 aromatic rings. The van der Waals surface area contributed by atoms with Gasteiger partial charge in [0.15, 0.2) is 0 Å². The highest BCUT2D eigenvalue weighted by Crippen LogP contribution is 2.37. The van der Waals surface area contributed by atoms with Crippen molar-refractivity contribution in [2.75, 3.05) is 0 Å². The average molecular weight is 297 g/mol. The molecule has 1 aromatic heterocycles. The molecule has 0 unspecified atom stereocenters. The van der Waals surface area contributed by atoms with Crippen molar-refractivity contribution in [2.45, 2.75) is 38.5 Å². The predicted octanol–water partition coefficient (Wildman–Crippen LogP) is 4.66. The number of aryl methyl sites for hydroxylation is 1. The SMILES string of the molecule is [B]c1cc2ccccc2c(-c2cc(C)cc(C3CCCC3)c2)n1. The van der Waals surface area contributed by atoms with Gasteiger partial charge >= 0.3 is 0 Å². The van der Waals surface area contributed by atoms with Crippen LogP contribution < -0.4 is 5.59 Å². The molecule has 0 bridgehead atoms. The number of fused-ring (bicyclic) bond motifs is 1. The number of hydrogen-bond acceptors (Lipinski definition) is 1. The molecule has 4 rings (SSSR count). The zero-order chi connectivity index (χ0) is 15.8. The van der Waals surface area contributed by atoms with Crippen molar-refractivity contribution < 1.29 is 0 Å². The van der Waals surface area contributed by atoms with Gasteiger partial charge in [0, 0.05) is 10.9 Å². The summed E-state index contributed by atoms with van der Waals surface area (Å²) in [4.78, 5) is 4.66. The average Bonchev–Trinajstić information content (AvgIpc) is 3.08.